The van der Waals surface area contributed by atoms with Gasteiger partial charge < -0.3 is 14.9 Å². The van der Waals surface area contributed by atoms with Crippen molar-refractivity contribution >= 4 is 21.9 Å². The van der Waals surface area contributed by atoms with Gasteiger partial charge in [0.15, 0.2) is 6.29 Å². The monoisotopic (exact) mass is 240 g/mol. The van der Waals surface area contributed by atoms with Crippen molar-refractivity contribution in [3.63, 3.8) is 0 Å². The Morgan fingerprint density at radius 3 is 2.33 bits per heavy atom. The summed E-state index contributed by atoms with van der Waals surface area (Å²) in [6.07, 6.45) is 1.26. The van der Waals surface area contributed by atoms with Gasteiger partial charge in [0.1, 0.15) is 0 Å². The summed E-state index contributed by atoms with van der Waals surface area (Å²) in [5.74, 6) is -0.833. The molecule has 0 aliphatic carbocycles. The van der Waals surface area contributed by atoms with Gasteiger partial charge in [-0.15, -0.1) is 0 Å². The van der Waals surface area contributed by atoms with E-state index in [1.807, 2.05) is 0 Å². The number of alkyl halides is 1. The minimum absolute atomic E-state index is 0.450. The van der Waals surface area contributed by atoms with Crippen LogP contribution in [0.25, 0.3) is 0 Å². The van der Waals surface area contributed by atoms with Gasteiger partial charge in [-0.05, 0) is 12.8 Å². The van der Waals surface area contributed by atoms with Gasteiger partial charge in [-0.1, -0.05) is 15.9 Å². The maximum atomic E-state index is 9.00. The highest BCUT2D eigenvalue weighted by atomic mass is 79.9. The first-order valence-electron chi connectivity index (χ1n) is 3.65. The molecule has 0 saturated carbocycles. The van der Waals surface area contributed by atoms with Crippen LogP contribution in [-0.2, 0) is 9.53 Å². The minimum Gasteiger partial charge on any atom is -0.481 e. The number of hydrogen-bond donors (Lipinski definition) is 2. The SMILES string of the molecule is CC(=O)O.OC1CCC(Br)CO1. The van der Waals surface area contributed by atoms with Gasteiger partial charge in [-0.3, -0.25) is 4.79 Å². The third-order valence-corrected chi connectivity index (χ3v) is 1.92. The molecule has 1 rings (SSSR count). The van der Waals surface area contributed by atoms with Crippen LogP contribution in [0, 0.1) is 0 Å². The smallest absolute Gasteiger partial charge is 0.300 e. The molecule has 0 amide bonds. The van der Waals surface area contributed by atoms with Crippen molar-refractivity contribution in [2.75, 3.05) is 6.61 Å². The highest BCUT2D eigenvalue weighted by Gasteiger charge is 2.16. The Morgan fingerprint density at radius 2 is 2.08 bits per heavy atom. The second-order valence-electron chi connectivity index (χ2n) is 2.48. The first kappa shape index (κ1) is 11.9. The number of carboxylic acid groups (broad SMARTS) is 1. The molecule has 0 aromatic heterocycles. The number of hydrogen-bond acceptors (Lipinski definition) is 3. The van der Waals surface area contributed by atoms with E-state index in [9.17, 15) is 0 Å². The predicted octanol–water partition coefficient (Wildman–Crippen LogP) is 0.970. The first-order valence-corrected chi connectivity index (χ1v) is 4.57. The Bertz CT molecular complexity index is 117. The van der Waals surface area contributed by atoms with Crippen molar-refractivity contribution in [2.45, 2.75) is 30.9 Å². The number of rotatable bonds is 0. The molecule has 1 saturated heterocycles. The zero-order chi connectivity index (χ0) is 9.56. The van der Waals surface area contributed by atoms with Gasteiger partial charge in [-0.25, -0.2) is 0 Å². The summed E-state index contributed by atoms with van der Waals surface area (Å²) >= 11 is 3.38. The minimum atomic E-state index is -0.833. The molecule has 1 aliphatic heterocycles. The van der Waals surface area contributed by atoms with Crippen molar-refractivity contribution in [3.8, 4) is 0 Å². The molecule has 2 atom stereocenters. The largest absolute Gasteiger partial charge is 0.481 e. The molecule has 1 heterocycles. The van der Waals surface area contributed by atoms with Gasteiger partial charge in [-0.2, -0.15) is 0 Å². The second-order valence-corrected chi connectivity index (χ2v) is 3.78. The van der Waals surface area contributed by atoms with Crippen LogP contribution in [0.15, 0.2) is 0 Å². The Hall–Kier alpha value is -0.130. The molecule has 0 aromatic rings. The summed E-state index contributed by atoms with van der Waals surface area (Å²) in [6, 6.07) is 0. The van der Waals surface area contributed by atoms with Gasteiger partial charge in [0.2, 0.25) is 0 Å². The van der Waals surface area contributed by atoms with E-state index in [4.69, 9.17) is 19.7 Å². The molecule has 1 fully saturated rings. The highest BCUT2D eigenvalue weighted by molar-refractivity contribution is 9.09. The second kappa shape index (κ2) is 6.39. The lowest BCUT2D eigenvalue weighted by Crippen LogP contribution is -2.25. The lowest BCUT2D eigenvalue weighted by atomic mass is 10.2. The summed E-state index contributed by atoms with van der Waals surface area (Å²) in [5, 5.41) is 16.2. The van der Waals surface area contributed by atoms with Crippen LogP contribution in [0.1, 0.15) is 19.8 Å². The van der Waals surface area contributed by atoms with Gasteiger partial charge in [0, 0.05) is 11.8 Å². The van der Waals surface area contributed by atoms with Crippen LogP contribution in [-0.4, -0.2) is 33.9 Å². The van der Waals surface area contributed by atoms with E-state index < -0.39 is 12.3 Å². The molecule has 0 spiro atoms. The van der Waals surface area contributed by atoms with Crippen LogP contribution in [0.2, 0.25) is 0 Å². The number of halogens is 1. The summed E-state index contributed by atoms with van der Waals surface area (Å²) in [6.45, 7) is 1.72. The fourth-order valence-corrected chi connectivity index (χ4v) is 1.12. The highest BCUT2D eigenvalue weighted by Crippen LogP contribution is 2.16. The fourth-order valence-electron chi connectivity index (χ4n) is 0.706. The molecule has 2 unspecified atom stereocenters. The quantitative estimate of drug-likeness (QED) is 0.620. The van der Waals surface area contributed by atoms with Crippen LogP contribution in [0.4, 0.5) is 0 Å². The summed E-state index contributed by atoms with van der Waals surface area (Å²) in [4.78, 5) is 9.45. The Balaban J connectivity index is 0.000000261. The summed E-state index contributed by atoms with van der Waals surface area (Å²) in [7, 11) is 0. The van der Waals surface area contributed by atoms with Crippen molar-refractivity contribution in [2.24, 2.45) is 0 Å². The van der Waals surface area contributed by atoms with Crippen LogP contribution in [0.3, 0.4) is 0 Å². The summed E-state index contributed by atoms with van der Waals surface area (Å²) in [5.41, 5.74) is 0. The van der Waals surface area contributed by atoms with Crippen molar-refractivity contribution in [1.82, 2.24) is 0 Å². The molecule has 2 N–H and O–H groups in total. The molecule has 0 aromatic carbocycles. The van der Waals surface area contributed by atoms with Crippen molar-refractivity contribution in [1.29, 1.82) is 0 Å². The number of carboxylic acids is 1. The topological polar surface area (TPSA) is 66.8 Å². The zero-order valence-electron chi connectivity index (χ0n) is 6.86. The molecule has 1 aliphatic rings. The molecule has 4 nitrogen and oxygen atoms in total. The third kappa shape index (κ3) is 7.97. The Kier molecular flexibility index (Phi) is 6.32. The van der Waals surface area contributed by atoms with Crippen LogP contribution >= 0.6 is 15.9 Å². The van der Waals surface area contributed by atoms with Gasteiger partial charge in [0.25, 0.3) is 5.97 Å². The fraction of sp³-hybridized carbons (Fsp3) is 0.857. The molecule has 5 heteroatoms. The average Bonchev–Trinajstić information content (AvgIpc) is 1.94. The molecule has 0 radical (unpaired) electrons. The molecule has 12 heavy (non-hydrogen) atoms. The molecular weight excluding hydrogens is 228 g/mol. The van der Waals surface area contributed by atoms with E-state index in [2.05, 4.69) is 15.9 Å². The number of ether oxygens (including phenoxy) is 1. The van der Waals surface area contributed by atoms with Crippen LogP contribution in [0.5, 0.6) is 0 Å². The predicted molar refractivity (Wildman–Crippen MR) is 47.2 cm³/mol. The zero-order valence-corrected chi connectivity index (χ0v) is 8.45. The molecule has 0 bridgehead atoms. The van der Waals surface area contributed by atoms with Gasteiger partial charge >= 0.3 is 0 Å². The Morgan fingerprint density at radius 1 is 1.58 bits per heavy atom. The standard InChI is InChI=1S/C5H9BrO2.C2H4O2/c6-4-1-2-5(7)8-3-4;1-2(3)4/h4-5,7H,1-3H2;1H3,(H,3,4). The maximum absolute atomic E-state index is 9.00. The molecular formula is C7H13BrO4. The lowest BCUT2D eigenvalue weighted by Gasteiger charge is -2.21. The van der Waals surface area contributed by atoms with E-state index in [0.29, 0.717) is 11.4 Å². The van der Waals surface area contributed by atoms with E-state index in [1.165, 1.54) is 0 Å². The lowest BCUT2D eigenvalue weighted by molar-refractivity contribution is -0.134. The van der Waals surface area contributed by atoms with E-state index in [1.54, 1.807) is 0 Å². The normalized spacial score (nSPS) is 28.6. The van der Waals surface area contributed by atoms with E-state index in [-0.39, 0.29) is 0 Å². The third-order valence-electron chi connectivity index (χ3n) is 1.20. The first-order chi connectivity index (χ1) is 5.52. The van der Waals surface area contributed by atoms with Crippen molar-refractivity contribution < 1.29 is 19.7 Å². The van der Waals surface area contributed by atoms with Gasteiger partial charge in [0.05, 0.1) is 6.61 Å². The number of aliphatic hydroxyl groups is 1. The Labute approximate surface area is 79.7 Å². The number of aliphatic carboxylic acids is 1. The van der Waals surface area contributed by atoms with E-state index >= 15 is 0 Å². The molecule has 72 valence electrons. The maximum Gasteiger partial charge on any atom is 0.300 e. The number of carbonyl (C=O) groups is 1. The van der Waals surface area contributed by atoms with Crippen LogP contribution < -0.4 is 0 Å². The average molecular weight is 241 g/mol. The van der Waals surface area contributed by atoms with Crippen molar-refractivity contribution in [3.05, 3.63) is 0 Å². The van der Waals surface area contributed by atoms with E-state index in [0.717, 1.165) is 19.8 Å². The number of aliphatic hydroxyl groups excluding tert-OH is 1. The summed E-state index contributed by atoms with van der Waals surface area (Å²) < 4.78 is 4.90.